The molecule has 3 aromatic rings. The number of hydrogen-bond donors (Lipinski definition) is 1. The van der Waals surface area contributed by atoms with E-state index < -0.39 is 0 Å². The summed E-state index contributed by atoms with van der Waals surface area (Å²) in [4.78, 5) is 16.5. The van der Waals surface area contributed by atoms with Gasteiger partial charge >= 0.3 is 0 Å². The lowest BCUT2D eigenvalue weighted by Gasteiger charge is -2.13. The normalized spacial score (nSPS) is 10.7. The Hall–Kier alpha value is -3.08. The highest BCUT2D eigenvalue weighted by Gasteiger charge is 2.13. The van der Waals surface area contributed by atoms with Crippen LogP contribution < -0.4 is 10.1 Å². The van der Waals surface area contributed by atoms with Crippen molar-refractivity contribution in [1.82, 2.24) is 14.9 Å². The van der Waals surface area contributed by atoms with Gasteiger partial charge in [0.2, 0.25) is 5.91 Å². The minimum atomic E-state index is -0.127. The molecule has 0 atom stereocenters. The van der Waals surface area contributed by atoms with Crippen molar-refractivity contribution in [2.45, 2.75) is 19.9 Å². The number of carbonyl (C=O) groups is 1. The molecular formula is C21H23N3O2. The number of carbonyl (C=O) groups excluding carboxylic acids is 1. The van der Waals surface area contributed by atoms with Gasteiger partial charge in [-0.2, -0.15) is 0 Å². The molecule has 5 nitrogen and oxygen atoms in total. The van der Waals surface area contributed by atoms with Crippen LogP contribution in [0, 0.1) is 0 Å². The molecule has 0 aliphatic rings. The topological polar surface area (TPSA) is 56.2 Å². The molecule has 134 valence electrons. The lowest BCUT2D eigenvalue weighted by atomic mass is 10.2. The Kier molecular flexibility index (Phi) is 5.37. The van der Waals surface area contributed by atoms with Gasteiger partial charge in [0.05, 0.1) is 24.7 Å². The standard InChI is InChI=1S/C21H23N3O2/c1-15(2)21(25)22-13-12-20-23-17-9-5-6-10-18(17)24(20)14-16-8-4-7-11-19(16)26-3/h4-11H,1,12-14H2,2-3H3,(H,22,25). The van der Waals surface area contributed by atoms with Crippen LogP contribution >= 0.6 is 0 Å². The smallest absolute Gasteiger partial charge is 0.246 e. The summed E-state index contributed by atoms with van der Waals surface area (Å²) in [7, 11) is 1.68. The maximum Gasteiger partial charge on any atom is 0.246 e. The van der Waals surface area contributed by atoms with Gasteiger partial charge in [-0.05, 0) is 25.1 Å². The Morgan fingerprint density at radius 3 is 2.69 bits per heavy atom. The molecular weight excluding hydrogens is 326 g/mol. The van der Waals surface area contributed by atoms with Gasteiger partial charge in [-0.1, -0.05) is 36.9 Å². The first-order valence-electron chi connectivity index (χ1n) is 8.60. The fourth-order valence-electron chi connectivity index (χ4n) is 2.94. The number of fused-ring (bicyclic) bond motifs is 1. The second-order valence-electron chi connectivity index (χ2n) is 6.20. The van der Waals surface area contributed by atoms with Crippen molar-refractivity contribution in [3.05, 3.63) is 72.1 Å². The fourth-order valence-corrected chi connectivity index (χ4v) is 2.94. The zero-order chi connectivity index (χ0) is 18.5. The predicted molar refractivity (Wildman–Crippen MR) is 103 cm³/mol. The van der Waals surface area contributed by atoms with Crippen molar-refractivity contribution >= 4 is 16.9 Å². The first-order chi connectivity index (χ1) is 12.6. The van der Waals surface area contributed by atoms with Gasteiger partial charge in [-0.3, -0.25) is 4.79 Å². The van der Waals surface area contributed by atoms with Crippen LogP contribution in [-0.2, 0) is 17.8 Å². The molecule has 1 heterocycles. The number of imidazole rings is 1. The van der Waals surface area contributed by atoms with E-state index in [0.717, 1.165) is 28.2 Å². The average Bonchev–Trinajstić information content (AvgIpc) is 2.99. The molecule has 1 aromatic heterocycles. The summed E-state index contributed by atoms with van der Waals surface area (Å²) in [5, 5.41) is 2.87. The van der Waals surface area contributed by atoms with Gasteiger partial charge in [0.15, 0.2) is 0 Å². The zero-order valence-corrected chi connectivity index (χ0v) is 15.2. The van der Waals surface area contributed by atoms with Gasteiger partial charge < -0.3 is 14.6 Å². The van der Waals surface area contributed by atoms with E-state index >= 15 is 0 Å². The Bertz CT molecular complexity index is 943. The van der Waals surface area contributed by atoms with Crippen LogP contribution in [0.4, 0.5) is 0 Å². The molecule has 0 aliphatic heterocycles. The van der Waals surface area contributed by atoms with Crippen molar-refractivity contribution in [2.24, 2.45) is 0 Å². The molecule has 2 aromatic carbocycles. The lowest BCUT2D eigenvalue weighted by molar-refractivity contribution is -0.117. The number of amides is 1. The molecule has 0 aliphatic carbocycles. The first-order valence-corrected chi connectivity index (χ1v) is 8.60. The monoisotopic (exact) mass is 349 g/mol. The lowest BCUT2D eigenvalue weighted by Crippen LogP contribution is -2.26. The zero-order valence-electron chi connectivity index (χ0n) is 15.2. The molecule has 0 saturated heterocycles. The van der Waals surface area contributed by atoms with E-state index in [9.17, 15) is 4.79 Å². The van der Waals surface area contributed by atoms with E-state index in [-0.39, 0.29) is 5.91 Å². The summed E-state index contributed by atoms with van der Waals surface area (Å²) < 4.78 is 7.67. The number of hydrogen-bond acceptors (Lipinski definition) is 3. The van der Waals surface area contributed by atoms with Crippen molar-refractivity contribution in [3.8, 4) is 5.75 Å². The van der Waals surface area contributed by atoms with Crippen LogP contribution in [0.5, 0.6) is 5.75 Å². The van der Waals surface area contributed by atoms with Crippen LogP contribution in [0.1, 0.15) is 18.3 Å². The highest BCUT2D eigenvalue weighted by Crippen LogP contribution is 2.23. The molecule has 0 fully saturated rings. The highest BCUT2D eigenvalue weighted by atomic mass is 16.5. The van der Waals surface area contributed by atoms with E-state index in [2.05, 4.69) is 28.6 Å². The summed E-state index contributed by atoms with van der Waals surface area (Å²) in [6.07, 6.45) is 0.642. The first kappa shape index (κ1) is 17.7. The SMILES string of the molecule is C=C(C)C(=O)NCCc1nc2ccccc2n1Cc1ccccc1OC. The van der Waals surface area contributed by atoms with Gasteiger partial charge in [-0.25, -0.2) is 4.98 Å². The summed E-state index contributed by atoms with van der Waals surface area (Å²) in [5.41, 5.74) is 3.61. The predicted octanol–water partition coefficient (Wildman–Crippen LogP) is 3.33. The summed E-state index contributed by atoms with van der Waals surface area (Å²) in [5.74, 6) is 1.66. The van der Waals surface area contributed by atoms with E-state index in [1.807, 2.05) is 36.4 Å². The molecule has 1 N–H and O–H groups in total. The van der Waals surface area contributed by atoms with Crippen molar-refractivity contribution < 1.29 is 9.53 Å². The number of para-hydroxylation sites is 3. The number of methoxy groups -OCH3 is 1. The van der Waals surface area contributed by atoms with Gasteiger partial charge in [-0.15, -0.1) is 0 Å². The summed E-state index contributed by atoms with van der Waals surface area (Å²) in [6, 6.07) is 16.0. The Morgan fingerprint density at radius 1 is 1.19 bits per heavy atom. The number of benzene rings is 2. The number of rotatable bonds is 7. The number of ether oxygens (including phenoxy) is 1. The van der Waals surface area contributed by atoms with Gasteiger partial charge in [0.25, 0.3) is 0 Å². The Labute approximate surface area is 153 Å². The molecule has 0 saturated carbocycles. The van der Waals surface area contributed by atoms with Crippen LogP contribution in [0.3, 0.4) is 0 Å². The fraction of sp³-hybridized carbons (Fsp3) is 0.238. The van der Waals surface area contributed by atoms with Crippen LogP contribution in [-0.4, -0.2) is 29.1 Å². The largest absolute Gasteiger partial charge is 0.496 e. The Balaban J connectivity index is 1.89. The molecule has 1 amide bonds. The second kappa shape index (κ2) is 7.87. The number of aromatic nitrogens is 2. The van der Waals surface area contributed by atoms with Crippen molar-refractivity contribution in [2.75, 3.05) is 13.7 Å². The van der Waals surface area contributed by atoms with Crippen LogP contribution in [0.2, 0.25) is 0 Å². The molecule has 0 unspecified atom stereocenters. The quantitative estimate of drug-likeness (QED) is 0.666. The molecule has 26 heavy (non-hydrogen) atoms. The van der Waals surface area contributed by atoms with Crippen molar-refractivity contribution in [1.29, 1.82) is 0 Å². The van der Waals surface area contributed by atoms with E-state index in [1.54, 1.807) is 14.0 Å². The van der Waals surface area contributed by atoms with E-state index in [1.165, 1.54) is 0 Å². The summed E-state index contributed by atoms with van der Waals surface area (Å²) >= 11 is 0. The van der Waals surface area contributed by atoms with Crippen LogP contribution in [0.15, 0.2) is 60.7 Å². The molecule has 0 spiro atoms. The molecule has 0 radical (unpaired) electrons. The maximum atomic E-state index is 11.7. The highest BCUT2D eigenvalue weighted by molar-refractivity contribution is 5.92. The summed E-state index contributed by atoms with van der Waals surface area (Å²) in [6.45, 7) is 6.54. The van der Waals surface area contributed by atoms with Gasteiger partial charge in [0.1, 0.15) is 11.6 Å². The second-order valence-corrected chi connectivity index (χ2v) is 6.20. The molecule has 0 bridgehead atoms. The molecule has 5 heteroatoms. The number of nitrogens with one attached hydrogen (secondary N) is 1. The number of nitrogens with zero attached hydrogens (tertiary/aromatic N) is 2. The Morgan fingerprint density at radius 2 is 1.92 bits per heavy atom. The minimum Gasteiger partial charge on any atom is -0.496 e. The third-order valence-electron chi connectivity index (χ3n) is 4.28. The van der Waals surface area contributed by atoms with Crippen LogP contribution in [0.25, 0.3) is 11.0 Å². The van der Waals surface area contributed by atoms with E-state index in [4.69, 9.17) is 9.72 Å². The average molecular weight is 349 g/mol. The maximum absolute atomic E-state index is 11.7. The van der Waals surface area contributed by atoms with Gasteiger partial charge in [0, 0.05) is 24.1 Å². The van der Waals surface area contributed by atoms with Crippen molar-refractivity contribution in [3.63, 3.8) is 0 Å². The third-order valence-corrected chi connectivity index (χ3v) is 4.28. The van der Waals surface area contributed by atoms with E-state index in [0.29, 0.717) is 25.1 Å². The minimum absolute atomic E-state index is 0.127. The molecule has 3 rings (SSSR count). The third kappa shape index (κ3) is 3.77.